The average Bonchev–Trinajstić information content (AvgIpc) is 2.52. The Balaban J connectivity index is 2.37. The standard InChI is InChI=1S/C19H19F3O4/c1-18(2,13-8-12(20)4-6-16(13)23)10-19(26,17(24)25)9-11-3-5-14(21)15(22)7-11/h3-8,23,26H,9-10H2,1-2H3,(H,24,25). The monoisotopic (exact) mass is 368 g/mol. The van der Waals surface area contributed by atoms with Gasteiger partial charge < -0.3 is 15.3 Å². The first-order valence-corrected chi connectivity index (χ1v) is 7.83. The van der Waals surface area contributed by atoms with Gasteiger partial charge in [0.15, 0.2) is 17.2 Å². The van der Waals surface area contributed by atoms with Crippen molar-refractivity contribution < 1.29 is 33.3 Å². The number of carboxylic acid groups (broad SMARTS) is 1. The van der Waals surface area contributed by atoms with Gasteiger partial charge in [-0.1, -0.05) is 19.9 Å². The van der Waals surface area contributed by atoms with E-state index in [1.165, 1.54) is 6.07 Å². The SMILES string of the molecule is CC(C)(CC(O)(Cc1ccc(F)c(F)c1)C(=O)O)c1cc(F)ccc1O. The van der Waals surface area contributed by atoms with E-state index in [1.807, 2.05) is 0 Å². The molecule has 26 heavy (non-hydrogen) atoms. The number of carbonyl (C=O) groups is 1. The van der Waals surface area contributed by atoms with Crippen LogP contribution in [-0.2, 0) is 16.6 Å². The molecule has 0 fully saturated rings. The molecule has 2 aromatic rings. The van der Waals surface area contributed by atoms with Crippen LogP contribution in [0.3, 0.4) is 0 Å². The third-order valence-electron chi connectivity index (χ3n) is 4.30. The Morgan fingerprint density at radius 3 is 2.27 bits per heavy atom. The van der Waals surface area contributed by atoms with Crippen molar-refractivity contribution in [1.29, 1.82) is 0 Å². The lowest BCUT2D eigenvalue weighted by Crippen LogP contribution is -2.45. The number of aliphatic carboxylic acids is 1. The molecule has 0 aliphatic carbocycles. The normalized spacial score (nSPS) is 14.1. The molecule has 1 atom stereocenters. The molecule has 2 aromatic carbocycles. The molecule has 7 heteroatoms. The first kappa shape index (κ1) is 19.8. The maximum Gasteiger partial charge on any atom is 0.336 e. The van der Waals surface area contributed by atoms with Crippen LogP contribution in [0.25, 0.3) is 0 Å². The van der Waals surface area contributed by atoms with Crippen LogP contribution < -0.4 is 0 Å². The Morgan fingerprint density at radius 1 is 1.04 bits per heavy atom. The number of halogens is 3. The van der Waals surface area contributed by atoms with Crippen molar-refractivity contribution in [3.8, 4) is 5.75 Å². The molecular formula is C19H19F3O4. The number of carboxylic acids is 1. The summed E-state index contributed by atoms with van der Waals surface area (Å²) in [5, 5.41) is 30.1. The molecule has 0 radical (unpaired) electrons. The van der Waals surface area contributed by atoms with Crippen molar-refractivity contribution in [3.05, 3.63) is 65.0 Å². The molecule has 0 aliphatic rings. The van der Waals surface area contributed by atoms with Gasteiger partial charge in [-0.2, -0.15) is 0 Å². The fourth-order valence-electron chi connectivity index (χ4n) is 3.08. The van der Waals surface area contributed by atoms with Gasteiger partial charge in [0, 0.05) is 12.0 Å². The largest absolute Gasteiger partial charge is 0.508 e. The van der Waals surface area contributed by atoms with Crippen molar-refractivity contribution in [3.63, 3.8) is 0 Å². The van der Waals surface area contributed by atoms with E-state index in [4.69, 9.17) is 0 Å². The lowest BCUT2D eigenvalue weighted by atomic mass is 9.73. The second-order valence-corrected chi connectivity index (χ2v) is 6.98. The number of hydrogen-bond acceptors (Lipinski definition) is 3. The molecule has 0 spiro atoms. The van der Waals surface area contributed by atoms with Crippen LogP contribution in [0.2, 0.25) is 0 Å². The van der Waals surface area contributed by atoms with E-state index in [1.54, 1.807) is 13.8 Å². The number of hydrogen-bond donors (Lipinski definition) is 3. The highest BCUT2D eigenvalue weighted by molar-refractivity contribution is 5.78. The minimum Gasteiger partial charge on any atom is -0.508 e. The number of rotatable bonds is 6. The molecule has 0 saturated carbocycles. The summed E-state index contributed by atoms with van der Waals surface area (Å²) in [6, 6.07) is 6.10. The highest BCUT2D eigenvalue weighted by Gasteiger charge is 2.43. The van der Waals surface area contributed by atoms with Gasteiger partial charge in [0.1, 0.15) is 11.6 Å². The lowest BCUT2D eigenvalue weighted by molar-refractivity contribution is -0.160. The third-order valence-corrected chi connectivity index (χ3v) is 4.30. The van der Waals surface area contributed by atoms with E-state index in [9.17, 15) is 33.3 Å². The van der Waals surface area contributed by atoms with E-state index in [0.717, 1.165) is 30.3 Å². The fourth-order valence-corrected chi connectivity index (χ4v) is 3.08. The molecule has 1 unspecified atom stereocenters. The van der Waals surface area contributed by atoms with Crippen LogP contribution in [0.15, 0.2) is 36.4 Å². The van der Waals surface area contributed by atoms with E-state index >= 15 is 0 Å². The number of aromatic hydroxyl groups is 1. The molecule has 3 N–H and O–H groups in total. The average molecular weight is 368 g/mol. The van der Waals surface area contributed by atoms with Crippen LogP contribution in [-0.4, -0.2) is 26.9 Å². The van der Waals surface area contributed by atoms with Crippen LogP contribution in [0.1, 0.15) is 31.4 Å². The van der Waals surface area contributed by atoms with Crippen molar-refractivity contribution in [2.24, 2.45) is 0 Å². The van der Waals surface area contributed by atoms with Crippen LogP contribution in [0.4, 0.5) is 13.2 Å². The highest BCUT2D eigenvalue weighted by atomic mass is 19.2. The molecule has 4 nitrogen and oxygen atoms in total. The van der Waals surface area contributed by atoms with E-state index < -0.39 is 47.3 Å². The van der Waals surface area contributed by atoms with Gasteiger partial charge in [0.25, 0.3) is 0 Å². The zero-order valence-electron chi connectivity index (χ0n) is 14.3. The summed E-state index contributed by atoms with van der Waals surface area (Å²) in [5.41, 5.74) is -3.25. The zero-order chi connectivity index (χ0) is 19.7. The van der Waals surface area contributed by atoms with Gasteiger partial charge in [0.2, 0.25) is 0 Å². The van der Waals surface area contributed by atoms with Gasteiger partial charge in [-0.05, 0) is 47.7 Å². The summed E-state index contributed by atoms with van der Waals surface area (Å²) in [5.74, 6) is -4.66. The topological polar surface area (TPSA) is 77.8 Å². The molecule has 0 amide bonds. The smallest absolute Gasteiger partial charge is 0.336 e. The number of phenolic OH excluding ortho intramolecular Hbond substituents is 1. The maximum absolute atomic E-state index is 13.5. The molecule has 140 valence electrons. The summed E-state index contributed by atoms with van der Waals surface area (Å²) in [6.07, 6.45) is -0.885. The first-order valence-electron chi connectivity index (χ1n) is 7.83. The van der Waals surface area contributed by atoms with Gasteiger partial charge in [0.05, 0.1) is 0 Å². The Kier molecular flexibility index (Phi) is 5.32. The Hall–Kier alpha value is -2.54. The molecule has 0 aromatic heterocycles. The quantitative estimate of drug-likeness (QED) is 0.729. The molecule has 0 saturated heterocycles. The van der Waals surface area contributed by atoms with E-state index in [-0.39, 0.29) is 16.9 Å². The van der Waals surface area contributed by atoms with Crippen molar-refractivity contribution in [2.75, 3.05) is 0 Å². The number of benzene rings is 2. The summed E-state index contributed by atoms with van der Waals surface area (Å²) < 4.78 is 40.0. The fraction of sp³-hybridized carbons (Fsp3) is 0.316. The summed E-state index contributed by atoms with van der Waals surface area (Å²) in [7, 11) is 0. The van der Waals surface area contributed by atoms with E-state index in [0.29, 0.717) is 0 Å². The van der Waals surface area contributed by atoms with Gasteiger partial charge in [-0.25, -0.2) is 18.0 Å². The third kappa shape index (κ3) is 4.16. The number of phenols is 1. The van der Waals surface area contributed by atoms with Crippen LogP contribution >= 0.6 is 0 Å². The predicted octanol–water partition coefficient (Wildman–Crippen LogP) is 3.54. The van der Waals surface area contributed by atoms with Gasteiger partial charge in [-0.15, -0.1) is 0 Å². The highest BCUT2D eigenvalue weighted by Crippen LogP contribution is 2.38. The number of aliphatic hydroxyl groups is 1. The molecule has 0 heterocycles. The minimum atomic E-state index is -2.34. The second kappa shape index (κ2) is 6.99. The Morgan fingerprint density at radius 2 is 1.69 bits per heavy atom. The van der Waals surface area contributed by atoms with Gasteiger partial charge >= 0.3 is 5.97 Å². The predicted molar refractivity (Wildman–Crippen MR) is 88.4 cm³/mol. The summed E-state index contributed by atoms with van der Waals surface area (Å²) in [6.45, 7) is 3.08. The molecule has 0 aliphatic heterocycles. The Labute approximate surface area is 148 Å². The minimum absolute atomic E-state index is 0.0908. The summed E-state index contributed by atoms with van der Waals surface area (Å²) >= 11 is 0. The van der Waals surface area contributed by atoms with Crippen LogP contribution in [0.5, 0.6) is 5.75 Å². The molecule has 0 bridgehead atoms. The van der Waals surface area contributed by atoms with Crippen molar-refractivity contribution in [1.82, 2.24) is 0 Å². The molecule has 2 rings (SSSR count). The lowest BCUT2D eigenvalue weighted by Gasteiger charge is -2.34. The van der Waals surface area contributed by atoms with Crippen molar-refractivity contribution >= 4 is 5.97 Å². The van der Waals surface area contributed by atoms with Crippen molar-refractivity contribution in [2.45, 2.75) is 37.7 Å². The first-order chi connectivity index (χ1) is 11.9. The van der Waals surface area contributed by atoms with Gasteiger partial charge in [-0.3, -0.25) is 0 Å². The molecular weight excluding hydrogens is 349 g/mol. The zero-order valence-corrected chi connectivity index (χ0v) is 14.3. The van der Waals surface area contributed by atoms with E-state index in [2.05, 4.69) is 0 Å². The maximum atomic E-state index is 13.5. The second-order valence-electron chi connectivity index (χ2n) is 6.98. The Bertz CT molecular complexity index is 836. The van der Waals surface area contributed by atoms with Crippen LogP contribution in [0, 0.1) is 17.5 Å². The summed E-state index contributed by atoms with van der Waals surface area (Å²) in [4.78, 5) is 11.7.